The minimum absolute atomic E-state index is 0.353. The van der Waals surface area contributed by atoms with Gasteiger partial charge in [0.25, 0.3) is 0 Å². The van der Waals surface area contributed by atoms with Gasteiger partial charge >= 0.3 is 5.97 Å². The fraction of sp³-hybridized carbons (Fsp3) is 0.909. The molecule has 1 saturated carbocycles. The van der Waals surface area contributed by atoms with Gasteiger partial charge in [-0.1, -0.05) is 0 Å². The third-order valence-electron chi connectivity index (χ3n) is 3.76. The molecular weight excluding hydrogens is 178 g/mol. The van der Waals surface area contributed by atoms with E-state index in [1.54, 1.807) is 0 Å². The van der Waals surface area contributed by atoms with Crippen LogP contribution >= 0.6 is 0 Å². The van der Waals surface area contributed by atoms with E-state index in [0.29, 0.717) is 18.4 Å². The van der Waals surface area contributed by atoms with Crippen LogP contribution in [0.4, 0.5) is 0 Å². The number of hydrogen-bond acceptors (Lipinski definition) is 2. The number of rotatable bonds is 5. The van der Waals surface area contributed by atoms with Crippen LogP contribution in [0.25, 0.3) is 0 Å². The van der Waals surface area contributed by atoms with Crippen molar-refractivity contribution in [2.75, 3.05) is 13.6 Å². The first-order valence-electron chi connectivity index (χ1n) is 5.60. The highest BCUT2D eigenvalue weighted by Crippen LogP contribution is 2.44. The average molecular weight is 197 g/mol. The zero-order valence-corrected chi connectivity index (χ0v) is 8.78. The van der Waals surface area contributed by atoms with Crippen molar-refractivity contribution in [3.8, 4) is 0 Å². The van der Waals surface area contributed by atoms with E-state index in [1.165, 1.54) is 25.8 Å². The predicted octanol–water partition coefficient (Wildman–Crippen LogP) is 1.58. The summed E-state index contributed by atoms with van der Waals surface area (Å²) in [6, 6.07) is 0.682. The number of nitrogens with zero attached hydrogens (tertiary/aromatic N) is 1. The molecule has 0 bridgehead atoms. The Morgan fingerprint density at radius 3 is 2.57 bits per heavy atom. The Morgan fingerprint density at radius 2 is 2.21 bits per heavy atom. The summed E-state index contributed by atoms with van der Waals surface area (Å²) in [7, 11) is 2.16. The van der Waals surface area contributed by atoms with Crippen molar-refractivity contribution < 1.29 is 9.90 Å². The summed E-state index contributed by atoms with van der Waals surface area (Å²) >= 11 is 0. The molecule has 1 aliphatic carbocycles. The van der Waals surface area contributed by atoms with Gasteiger partial charge in [-0.25, -0.2) is 0 Å². The fourth-order valence-corrected chi connectivity index (χ4v) is 2.63. The normalized spacial score (nSPS) is 29.6. The lowest BCUT2D eigenvalue weighted by molar-refractivity contribution is -0.137. The molecule has 2 unspecified atom stereocenters. The Balaban J connectivity index is 1.84. The Morgan fingerprint density at radius 1 is 1.50 bits per heavy atom. The van der Waals surface area contributed by atoms with Crippen molar-refractivity contribution in [1.82, 2.24) is 4.90 Å². The molecule has 2 rings (SSSR count). The van der Waals surface area contributed by atoms with Crippen LogP contribution in [0, 0.1) is 11.8 Å². The lowest BCUT2D eigenvalue weighted by Crippen LogP contribution is -2.49. The van der Waals surface area contributed by atoms with Gasteiger partial charge < -0.3 is 10.0 Å². The van der Waals surface area contributed by atoms with Crippen molar-refractivity contribution in [3.05, 3.63) is 0 Å². The molecule has 14 heavy (non-hydrogen) atoms. The Hall–Kier alpha value is -0.570. The van der Waals surface area contributed by atoms with Gasteiger partial charge in [0.15, 0.2) is 0 Å². The van der Waals surface area contributed by atoms with E-state index in [-0.39, 0.29) is 0 Å². The molecule has 0 aromatic heterocycles. The number of carbonyl (C=O) groups is 1. The van der Waals surface area contributed by atoms with E-state index in [2.05, 4.69) is 11.9 Å². The van der Waals surface area contributed by atoms with Gasteiger partial charge in [0.2, 0.25) is 0 Å². The van der Waals surface area contributed by atoms with E-state index >= 15 is 0 Å². The summed E-state index contributed by atoms with van der Waals surface area (Å²) in [6.07, 6.45) is 5.17. The smallest absolute Gasteiger partial charge is 0.303 e. The van der Waals surface area contributed by atoms with Crippen LogP contribution in [0.15, 0.2) is 0 Å². The van der Waals surface area contributed by atoms with Crippen LogP contribution < -0.4 is 0 Å². The fourth-order valence-electron chi connectivity index (χ4n) is 2.63. The maximum atomic E-state index is 10.5. The molecule has 2 fully saturated rings. The monoisotopic (exact) mass is 197 g/mol. The quantitative estimate of drug-likeness (QED) is 0.727. The van der Waals surface area contributed by atoms with E-state index in [1.807, 2.05) is 0 Å². The summed E-state index contributed by atoms with van der Waals surface area (Å²) in [5.74, 6) is 0.851. The van der Waals surface area contributed by atoms with Crippen LogP contribution in [0.2, 0.25) is 0 Å². The molecule has 0 radical (unpaired) electrons. The molecule has 1 N–H and O–H groups in total. The summed E-state index contributed by atoms with van der Waals surface area (Å²) in [4.78, 5) is 12.9. The third-order valence-corrected chi connectivity index (χ3v) is 3.76. The maximum Gasteiger partial charge on any atom is 0.303 e. The highest BCUT2D eigenvalue weighted by atomic mass is 16.4. The molecule has 80 valence electrons. The molecule has 3 heteroatoms. The molecule has 0 aromatic carbocycles. The Labute approximate surface area is 85.1 Å². The molecule has 2 aliphatic rings. The molecule has 1 saturated heterocycles. The zero-order valence-electron chi connectivity index (χ0n) is 8.78. The van der Waals surface area contributed by atoms with Gasteiger partial charge in [-0.15, -0.1) is 0 Å². The molecule has 1 aliphatic heterocycles. The van der Waals surface area contributed by atoms with Gasteiger partial charge in [0.1, 0.15) is 0 Å². The molecule has 0 spiro atoms. The first-order valence-corrected chi connectivity index (χ1v) is 5.60. The molecule has 0 aromatic rings. The SMILES string of the molecule is CN1CCC1C(CCC(=O)O)C1CC1. The highest BCUT2D eigenvalue weighted by molar-refractivity contribution is 5.66. The lowest BCUT2D eigenvalue weighted by Gasteiger charge is -2.43. The van der Waals surface area contributed by atoms with E-state index in [0.717, 1.165) is 12.3 Å². The standard InChI is InChI=1S/C11H19NO2/c1-12-7-6-10(12)9(8-2-3-8)4-5-11(13)14/h8-10H,2-7H2,1H3,(H,13,14). The van der Waals surface area contributed by atoms with Crippen molar-refractivity contribution in [1.29, 1.82) is 0 Å². The summed E-state index contributed by atoms with van der Waals surface area (Å²) in [5, 5.41) is 8.69. The molecule has 3 nitrogen and oxygen atoms in total. The molecule has 2 atom stereocenters. The number of hydrogen-bond donors (Lipinski definition) is 1. The number of carboxylic acids is 1. The Kier molecular flexibility index (Phi) is 2.77. The minimum atomic E-state index is -0.641. The highest BCUT2D eigenvalue weighted by Gasteiger charge is 2.41. The molecule has 1 heterocycles. The van der Waals surface area contributed by atoms with Crippen LogP contribution in [-0.4, -0.2) is 35.6 Å². The second kappa shape index (κ2) is 3.89. The van der Waals surface area contributed by atoms with Crippen LogP contribution in [-0.2, 0) is 4.79 Å². The van der Waals surface area contributed by atoms with Crippen LogP contribution in [0.5, 0.6) is 0 Å². The number of carboxylic acid groups (broad SMARTS) is 1. The average Bonchev–Trinajstić information content (AvgIpc) is 2.92. The third kappa shape index (κ3) is 2.08. The van der Waals surface area contributed by atoms with Crippen molar-refractivity contribution in [2.24, 2.45) is 11.8 Å². The summed E-state index contributed by atoms with van der Waals surface area (Å²) in [6.45, 7) is 1.20. The second-order valence-electron chi connectivity index (χ2n) is 4.77. The van der Waals surface area contributed by atoms with E-state index in [9.17, 15) is 4.79 Å². The van der Waals surface area contributed by atoms with Gasteiger partial charge in [0.05, 0.1) is 0 Å². The second-order valence-corrected chi connectivity index (χ2v) is 4.77. The van der Waals surface area contributed by atoms with Crippen molar-refractivity contribution in [3.63, 3.8) is 0 Å². The van der Waals surface area contributed by atoms with Crippen molar-refractivity contribution in [2.45, 2.75) is 38.1 Å². The number of aliphatic carboxylic acids is 1. The first-order chi connectivity index (χ1) is 6.68. The lowest BCUT2D eigenvalue weighted by atomic mass is 9.83. The van der Waals surface area contributed by atoms with Gasteiger partial charge in [-0.3, -0.25) is 4.79 Å². The number of likely N-dealkylation sites (tertiary alicyclic amines) is 1. The van der Waals surface area contributed by atoms with Crippen molar-refractivity contribution >= 4 is 5.97 Å². The van der Waals surface area contributed by atoms with Crippen LogP contribution in [0.1, 0.15) is 32.1 Å². The van der Waals surface area contributed by atoms with Crippen LogP contribution in [0.3, 0.4) is 0 Å². The van der Waals surface area contributed by atoms with Gasteiger partial charge in [-0.05, 0) is 51.1 Å². The Bertz CT molecular complexity index is 225. The maximum absolute atomic E-state index is 10.5. The van der Waals surface area contributed by atoms with Gasteiger partial charge in [-0.2, -0.15) is 0 Å². The van der Waals surface area contributed by atoms with Gasteiger partial charge in [0, 0.05) is 12.5 Å². The summed E-state index contributed by atoms with van der Waals surface area (Å²) < 4.78 is 0. The van der Waals surface area contributed by atoms with E-state index < -0.39 is 5.97 Å². The first kappa shape index (κ1) is 9.97. The molecule has 0 amide bonds. The molecular formula is C11H19NO2. The predicted molar refractivity (Wildman–Crippen MR) is 54.1 cm³/mol. The topological polar surface area (TPSA) is 40.5 Å². The van der Waals surface area contributed by atoms with E-state index in [4.69, 9.17) is 5.11 Å². The zero-order chi connectivity index (χ0) is 10.1. The summed E-state index contributed by atoms with van der Waals surface area (Å²) in [5.41, 5.74) is 0. The minimum Gasteiger partial charge on any atom is -0.481 e. The largest absolute Gasteiger partial charge is 0.481 e.